The van der Waals surface area contributed by atoms with E-state index in [1.165, 1.54) is 0 Å². The second-order valence-electron chi connectivity index (χ2n) is 8.61. The van der Waals surface area contributed by atoms with Crippen LogP contribution in [-0.2, 0) is 16.1 Å². The van der Waals surface area contributed by atoms with Gasteiger partial charge in [0.2, 0.25) is 0 Å². The van der Waals surface area contributed by atoms with E-state index in [2.05, 4.69) is 9.88 Å². The van der Waals surface area contributed by atoms with Crippen LogP contribution in [0.15, 0.2) is 29.1 Å². The molecule has 1 aromatic carbocycles. The maximum atomic E-state index is 12.5. The van der Waals surface area contributed by atoms with Crippen LogP contribution in [0, 0.1) is 0 Å². The van der Waals surface area contributed by atoms with Gasteiger partial charge in [0.05, 0.1) is 24.4 Å². The fourth-order valence-electron chi connectivity index (χ4n) is 4.60. The van der Waals surface area contributed by atoms with Crippen molar-refractivity contribution >= 4 is 17.4 Å². The van der Waals surface area contributed by atoms with Gasteiger partial charge < -0.3 is 29.8 Å². The topological polar surface area (TPSA) is 132 Å². The minimum absolute atomic E-state index is 0.0844. The third kappa shape index (κ3) is 5.12. The molecule has 2 aliphatic heterocycles. The number of likely N-dealkylation sites (tertiary alicyclic amines) is 1. The van der Waals surface area contributed by atoms with Gasteiger partial charge in [-0.05, 0) is 51.0 Å². The molecule has 9 nitrogen and oxygen atoms in total. The van der Waals surface area contributed by atoms with Gasteiger partial charge >= 0.3 is 0 Å². The number of nitrogens with zero attached hydrogens (tertiary/aromatic N) is 1. The molecule has 176 valence electrons. The smallest absolute Gasteiger partial charge is 0.290 e. The third-order valence-corrected chi connectivity index (χ3v) is 6.39. The molecule has 4 N–H and O–H groups in total. The molecular formula is C23H32N2O7. The highest BCUT2D eigenvalue weighted by Crippen LogP contribution is 2.40. The summed E-state index contributed by atoms with van der Waals surface area (Å²) in [6.45, 7) is 6.35. The molecule has 2 saturated heterocycles. The van der Waals surface area contributed by atoms with Crippen molar-refractivity contribution in [3.05, 3.63) is 40.2 Å². The molecule has 0 bridgehead atoms. The number of piperidine rings is 1. The number of hydrogen-bond donors (Lipinski definition) is 4. The summed E-state index contributed by atoms with van der Waals surface area (Å²) in [5.41, 5.74) is -0.395. The maximum absolute atomic E-state index is 12.5. The minimum Gasteiger partial charge on any atom is -0.494 e. The van der Waals surface area contributed by atoms with Crippen LogP contribution in [0.3, 0.4) is 0 Å². The fourth-order valence-corrected chi connectivity index (χ4v) is 4.60. The Morgan fingerprint density at radius 2 is 1.97 bits per heavy atom. The van der Waals surface area contributed by atoms with E-state index < -0.39 is 17.3 Å². The number of aromatic amines is 1. The summed E-state index contributed by atoms with van der Waals surface area (Å²) in [6.07, 6.45) is 0.802. The molecule has 0 radical (unpaired) electrons. The number of pyridine rings is 1. The highest BCUT2D eigenvalue weighted by Gasteiger charge is 2.52. The summed E-state index contributed by atoms with van der Waals surface area (Å²) >= 11 is 0. The molecule has 1 aromatic heterocycles. The number of ether oxygens (including phenoxy) is 2. The normalized spacial score (nSPS) is 25.2. The van der Waals surface area contributed by atoms with Crippen LogP contribution in [0.1, 0.15) is 38.7 Å². The van der Waals surface area contributed by atoms with Crippen LogP contribution >= 0.6 is 0 Å². The van der Waals surface area contributed by atoms with Gasteiger partial charge in [0.1, 0.15) is 11.9 Å². The van der Waals surface area contributed by atoms with E-state index in [0.717, 1.165) is 16.7 Å². The molecule has 1 spiro atoms. The van der Waals surface area contributed by atoms with E-state index in [1.807, 2.05) is 31.2 Å². The van der Waals surface area contributed by atoms with E-state index in [1.54, 1.807) is 6.92 Å². The lowest BCUT2D eigenvalue weighted by atomic mass is 9.75. The van der Waals surface area contributed by atoms with Crippen LogP contribution in [0.4, 0.5) is 0 Å². The molecule has 0 unspecified atom stereocenters. The molecule has 32 heavy (non-hydrogen) atoms. The van der Waals surface area contributed by atoms with Crippen molar-refractivity contribution in [3.63, 3.8) is 0 Å². The van der Waals surface area contributed by atoms with Crippen molar-refractivity contribution in [2.75, 3.05) is 26.3 Å². The Kier molecular flexibility index (Phi) is 7.55. The summed E-state index contributed by atoms with van der Waals surface area (Å²) in [5.74, 6) is 0.786. The van der Waals surface area contributed by atoms with Crippen molar-refractivity contribution < 1.29 is 29.6 Å². The molecule has 0 saturated carbocycles. The lowest BCUT2D eigenvalue weighted by molar-refractivity contribution is -0.246. The lowest BCUT2D eigenvalue weighted by Crippen LogP contribution is -2.64. The molecule has 2 aliphatic rings. The summed E-state index contributed by atoms with van der Waals surface area (Å²) < 4.78 is 11.5. The number of carbonyl (C=O) groups is 1. The average molecular weight is 449 g/mol. The zero-order valence-electron chi connectivity index (χ0n) is 18.5. The standard InChI is InChI=1S/C22H30N2O5.CH2O2/c1-3-28-17-4-5-18-15(13-17)12-16(19(25)23-18)14-24-9-6-22(7-10-24)20(26)21(2,27)8-11-29-22;2-1-3/h4-5,12-13,20,26-27H,3,6-11,14H2,1-2H3,(H,23,25);1H,(H,2,3)/t20-,21+;/m0./s1. The van der Waals surface area contributed by atoms with Gasteiger partial charge in [-0.25, -0.2) is 0 Å². The average Bonchev–Trinajstić information content (AvgIpc) is 2.75. The Morgan fingerprint density at radius 1 is 1.28 bits per heavy atom. The second-order valence-corrected chi connectivity index (χ2v) is 8.61. The number of aromatic nitrogens is 1. The molecule has 2 aromatic rings. The predicted molar refractivity (Wildman–Crippen MR) is 119 cm³/mol. The summed E-state index contributed by atoms with van der Waals surface area (Å²) in [6, 6.07) is 7.59. The van der Waals surface area contributed by atoms with Crippen molar-refractivity contribution in [1.29, 1.82) is 0 Å². The number of aliphatic hydroxyl groups is 2. The number of fused-ring (bicyclic) bond motifs is 1. The van der Waals surface area contributed by atoms with E-state index in [0.29, 0.717) is 57.7 Å². The highest BCUT2D eigenvalue weighted by atomic mass is 16.5. The largest absolute Gasteiger partial charge is 0.494 e. The first-order valence-corrected chi connectivity index (χ1v) is 10.9. The summed E-state index contributed by atoms with van der Waals surface area (Å²) in [7, 11) is 0. The predicted octanol–water partition coefficient (Wildman–Crippen LogP) is 1.49. The van der Waals surface area contributed by atoms with E-state index >= 15 is 0 Å². The van der Waals surface area contributed by atoms with Gasteiger partial charge in [-0.15, -0.1) is 0 Å². The lowest BCUT2D eigenvalue weighted by Gasteiger charge is -2.51. The van der Waals surface area contributed by atoms with Crippen molar-refractivity contribution in [2.24, 2.45) is 0 Å². The van der Waals surface area contributed by atoms with Crippen LogP contribution in [0.5, 0.6) is 5.75 Å². The van der Waals surface area contributed by atoms with Gasteiger partial charge in [0.25, 0.3) is 12.0 Å². The summed E-state index contributed by atoms with van der Waals surface area (Å²) in [5, 5.41) is 29.0. The number of nitrogens with one attached hydrogen (secondary N) is 1. The van der Waals surface area contributed by atoms with E-state index in [4.69, 9.17) is 19.4 Å². The second kappa shape index (κ2) is 9.99. The highest BCUT2D eigenvalue weighted by molar-refractivity contribution is 5.80. The summed E-state index contributed by atoms with van der Waals surface area (Å²) in [4.78, 5) is 26.1. The fraction of sp³-hybridized carbons (Fsp3) is 0.565. The number of benzene rings is 1. The molecular weight excluding hydrogens is 416 g/mol. The maximum Gasteiger partial charge on any atom is 0.290 e. The van der Waals surface area contributed by atoms with Crippen LogP contribution in [0.2, 0.25) is 0 Å². The third-order valence-electron chi connectivity index (χ3n) is 6.39. The SMILES string of the molecule is CCOc1ccc2[nH]c(=O)c(CN3CCC4(CC3)OCC[C@@](C)(O)[C@@H]4O)cc2c1.O=CO. The van der Waals surface area contributed by atoms with Crippen LogP contribution in [0.25, 0.3) is 10.9 Å². The van der Waals surface area contributed by atoms with Gasteiger partial charge in [0.15, 0.2) is 0 Å². The number of hydrogen-bond acceptors (Lipinski definition) is 7. The molecule has 0 aliphatic carbocycles. The first kappa shape index (κ1) is 24.2. The monoisotopic (exact) mass is 448 g/mol. The van der Waals surface area contributed by atoms with E-state index in [-0.39, 0.29) is 12.0 Å². The van der Waals surface area contributed by atoms with Crippen LogP contribution < -0.4 is 10.3 Å². The Hall–Kier alpha value is -2.46. The van der Waals surface area contributed by atoms with E-state index in [9.17, 15) is 15.0 Å². The van der Waals surface area contributed by atoms with Gasteiger partial charge in [-0.2, -0.15) is 0 Å². The minimum atomic E-state index is -1.12. The first-order valence-electron chi connectivity index (χ1n) is 10.9. The number of rotatable bonds is 4. The molecule has 0 amide bonds. The molecule has 3 heterocycles. The first-order chi connectivity index (χ1) is 15.2. The number of H-pyrrole nitrogens is 1. The van der Waals surface area contributed by atoms with Crippen LogP contribution in [-0.4, -0.2) is 75.3 Å². The zero-order valence-corrected chi connectivity index (χ0v) is 18.5. The van der Waals surface area contributed by atoms with Crippen molar-refractivity contribution in [3.8, 4) is 5.75 Å². The van der Waals surface area contributed by atoms with Crippen molar-refractivity contribution in [1.82, 2.24) is 9.88 Å². The van der Waals surface area contributed by atoms with Gasteiger partial charge in [-0.1, -0.05) is 0 Å². The Morgan fingerprint density at radius 3 is 2.62 bits per heavy atom. The molecule has 9 heteroatoms. The Labute approximate surface area is 186 Å². The number of aliphatic hydroxyl groups excluding tert-OH is 1. The number of carboxylic acid groups (broad SMARTS) is 1. The quantitative estimate of drug-likeness (QED) is 0.517. The Bertz CT molecular complexity index is 980. The van der Waals surface area contributed by atoms with Gasteiger partial charge in [0, 0.05) is 42.5 Å². The molecule has 2 atom stereocenters. The van der Waals surface area contributed by atoms with Gasteiger partial charge in [-0.3, -0.25) is 14.5 Å². The van der Waals surface area contributed by atoms with Crippen molar-refractivity contribution in [2.45, 2.75) is 57.0 Å². The molecule has 4 rings (SSSR count). The Balaban J connectivity index is 0.000000913. The molecule has 2 fully saturated rings. The zero-order chi connectivity index (χ0) is 23.4.